The number of urea groups is 1. The fourth-order valence-corrected chi connectivity index (χ4v) is 3.81. The minimum Gasteiger partial charge on any atom is -0.494 e. The van der Waals surface area contributed by atoms with Crippen LogP contribution in [0.15, 0.2) is 18.2 Å². The van der Waals surface area contributed by atoms with E-state index in [0.29, 0.717) is 40.9 Å². The first-order chi connectivity index (χ1) is 11.5. The number of nitrogens with zero attached hydrogens (tertiary/aromatic N) is 1. The van der Waals surface area contributed by atoms with Crippen LogP contribution in [0.5, 0.6) is 5.75 Å². The normalized spacial score (nSPS) is 15.5. The molecule has 0 radical (unpaired) electrons. The van der Waals surface area contributed by atoms with Crippen LogP contribution in [0.25, 0.3) is 10.1 Å². The number of carbonyl (C=O) groups excluding carboxylic acids is 2. The molecule has 1 aromatic heterocycles. The number of rotatable bonds is 3. The molecule has 1 aromatic carbocycles. The van der Waals surface area contributed by atoms with Gasteiger partial charge < -0.3 is 20.7 Å². The van der Waals surface area contributed by atoms with Gasteiger partial charge in [-0.25, -0.2) is 9.18 Å². The number of methoxy groups -OCH3 is 1. The van der Waals surface area contributed by atoms with Crippen molar-refractivity contribution in [1.82, 2.24) is 10.2 Å². The highest BCUT2D eigenvalue weighted by atomic mass is 32.1. The van der Waals surface area contributed by atoms with Crippen LogP contribution in [-0.4, -0.2) is 43.1 Å². The molecule has 3 N–H and O–H groups in total. The van der Waals surface area contributed by atoms with E-state index in [-0.39, 0.29) is 17.7 Å². The first-order valence-corrected chi connectivity index (χ1v) is 8.42. The second-order valence-electron chi connectivity index (χ2n) is 5.68. The molecule has 1 aliphatic heterocycles. The first kappa shape index (κ1) is 16.5. The highest BCUT2D eigenvalue weighted by Gasteiger charge is 2.24. The molecule has 0 atom stereocenters. The zero-order valence-corrected chi connectivity index (χ0v) is 14.0. The number of amides is 3. The summed E-state index contributed by atoms with van der Waals surface area (Å²) >= 11 is 1.10. The molecule has 128 valence electrons. The molecule has 0 spiro atoms. The topological polar surface area (TPSA) is 84.7 Å². The van der Waals surface area contributed by atoms with Crippen LogP contribution >= 0.6 is 11.3 Å². The van der Waals surface area contributed by atoms with Crippen LogP contribution in [0.3, 0.4) is 0 Å². The lowest BCUT2D eigenvalue weighted by Gasteiger charge is -2.31. The van der Waals surface area contributed by atoms with Gasteiger partial charge in [0, 0.05) is 19.1 Å². The number of hydrogen-bond donors (Lipinski definition) is 2. The van der Waals surface area contributed by atoms with Gasteiger partial charge in [-0.05, 0) is 36.4 Å². The minimum atomic E-state index is -0.450. The van der Waals surface area contributed by atoms with E-state index in [4.69, 9.17) is 10.5 Å². The Bertz CT molecular complexity index is 784. The summed E-state index contributed by atoms with van der Waals surface area (Å²) in [6.45, 7) is 1.05. The van der Waals surface area contributed by atoms with Gasteiger partial charge in [0.15, 0.2) is 11.6 Å². The molecule has 0 bridgehead atoms. The van der Waals surface area contributed by atoms with Gasteiger partial charge in [0.2, 0.25) is 0 Å². The van der Waals surface area contributed by atoms with E-state index in [1.807, 2.05) is 0 Å². The Morgan fingerprint density at radius 1 is 1.38 bits per heavy atom. The zero-order valence-electron chi connectivity index (χ0n) is 13.2. The number of halogens is 1. The molecule has 0 aliphatic carbocycles. The van der Waals surface area contributed by atoms with Gasteiger partial charge in [-0.3, -0.25) is 4.79 Å². The molecule has 1 fully saturated rings. The molecule has 2 heterocycles. The van der Waals surface area contributed by atoms with Crippen LogP contribution < -0.4 is 15.8 Å². The van der Waals surface area contributed by atoms with Gasteiger partial charge >= 0.3 is 6.03 Å². The highest BCUT2D eigenvalue weighted by molar-refractivity contribution is 7.20. The van der Waals surface area contributed by atoms with Crippen molar-refractivity contribution in [2.75, 3.05) is 20.2 Å². The van der Waals surface area contributed by atoms with Crippen molar-refractivity contribution < 1.29 is 18.7 Å². The summed E-state index contributed by atoms with van der Waals surface area (Å²) in [5.74, 6) is -0.518. The zero-order chi connectivity index (χ0) is 17.3. The fourth-order valence-electron chi connectivity index (χ4n) is 2.82. The lowest BCUT2D eigenvalue weighted by Crippen LogP contribution is -2.48. The number of piperidine rings is 1. The Hall–Kier alpha value is -2.35. The average Bonchev–Trinajstić information content (AvgIpc) is 3.01. The number of nitrogens with two attached hydrogens (primary N) is 1. The molecule has 1 aliphatic rings. The summed E-state index contributed by atoms with van der Waals surface area (Å²) in [6, 6.07) is 4.50. The van der Waals surface area contributed by atoms with Crippen LogP contribution in [0.2, 0.25) is 0 Å². The number of benzene rings is 1. The van der Waals surface area contributed by atoms with Gasteiger partial charge in [0.05, 0.1) is 16.7 Å². The van der Waals surface area contributed by atoms with Crippen molar-refractivity contribution in [2.24, 2.45) is 5.73 Å². The summed E-state index contributed by atoms with van der Waals surface area (Å²) < 4.78 is 19.6. The average molecular weight is 351 g/mol. The van der Waals surface area contributed by atoms with E-state index in [0.717, 1.165) is 11.3 Å². The monoisotopic (exact) mass is 351 g/mol. The molecule has 3 rings (SSSR count). The summed E-state index contributed by atoms with van der Waals surface area (Å²) in [6.07, 6.45) is 1.31. The molecule has 8 heteroatoms. The second kappa shape index (κ2) is 6.64. The highest BCUT2D eigenvalue weighted by Crippen LogP contribution is 2.33. The number of ether oxygens (including phenoxy) is 1. The molecular formula is C16H18FN3O3S. The van der Waals surface area contributed by atoms with Crippen molar-refractivity contribution in [1.29, 1.82) is 0 Å². The molecule has 0 saturated carbocycles. The number of nitrogens with one attached hydrogen (secondary N) is 1. The smallest absolute Gasteiger partial charge is 0.314 e. The van der Waals surface area contributed by atoms with Gasteiger partial charge in [0.1, 0.15) is 0 Å². The Morgan fingerprint density at radius 3 is 2.71 bits per heavy atom. The molecule has 24 heavy (non-hydrogen) atoms. The number of likely N-dealkylation sites (tertiary alicyclic amines) is 1. The third-order valence-corrected chi connectivity index (χ3v) is 5.32. The van der Waals surface area contributed by atoms with E-state index >= 15 is 0 Å². The number of carbonyl (C=O) groups is 2. The summed E-state index contributed by atoms with van der Waals surface area (Å²) in [5.41, 5.74) is 5.24. The summed E-state index contributed by atoms with van der Waals surface area (Å²) in [4.78, 5) is 25.5. The third-order valence-electron chi connectivity index (χ3n) is 4.18. The molecule has 2 aromatic rings. The fraction of sp³-hybridized carbons (Fsp3) is 0.375. The van der Waals surface area contributed by atoms with Crippen molar-refractivity contribution in [3.63, 3.8) is 0 Å². The Kier molecular flexibility index (Phi) is 4.57. The van der Waals surface area contributed by atoms with E-state index < -0.39 is 11.8 Å². The lowest BCUT2D eigenvalue weighted by molar-refractivity contribution is 0.0923. The Morgan fingerprint density at radius 2 is 2.08 bits per heavy atom. The SMILES string of the molecule is COc1ccc2cc(C(=O)NC3CCN(C(N)=O)CC3)sc2c1F. The maximum absolute atomic E-state index is 14.2. The van der Waals surface area contributed by atoms with Crippen molar-refractivity contribution in [3.05, 3.63) is 28.9 Å². The van der Waals surface area contributed by atoms with E-state index in [1.54, 1.807) is 23.1 Å². The van der Waals surface area contributed by atoms with Crippen molar-refractivity contribution >= 4 is 33.4 Å². The van der Waals surface area contributed by atoms with Gasteiger partial charge in [0.25, 0.3) is 5.91 Å². The number of primary amides is 1. The molecule has 3 amide bonds. The quantitative estimate of drug-likeness (QED) is 0.890. The van der Waals surface area contributed by atoms with Crippen molar-refractivity contribution in [3.8, 4) is 5.75 Å². The minimum absolute atomic E-state index is 0.0160. The predicted octanol–water partition coefficient (Wildman–Crippen LogP) is 2.32. The molecular weight excluding hydrogens is 333 g/mol. The van der Waals surface area contributed by atoms with Gasteiger partial charge in [-0.1, -0.05) is 0 Å². The Balaban J connectivity index is 1.71. The summed E-state index contributed by atoms with van der Waals surface area (Å²) in [5, 5.41) is 3.62. The van der Waals surface area contributed by atoms with E-state index in [9.17, 15) is 14.0 Å². The van der Waals surface area contributed by atoms with E-state index in [1.165, 1.54) is 7.11 Å². The van der Waals surface area contributed by atoms with Crippen LogP contribution in [-0.2, 0) is 0 Å². The van der Waals surface area contributed by atoms with Crippen LogP contribution in [0.1, 0.15) is 22.5 Å². The first-order valence-electron chi connectivity index (χ1n) is 7.61. The maximum atomic E-state index is 14.2. The van der Waals surface area contributed by atoms with Crippen LogP contribution in [0.4, 0.5) is 9.18 Å². The molecule has 0 unspecified atom stereocenters. The Labute approximate surface area is 142 Å². The second-order valence-corrected chi connectivity index (χ2v) is 6.74. The standard InChI is InChI=1S/C16H18FN3O3S/c1-23-11-3-2-9-8-12(24-14(9)13(11)17)15(21)19-10-4-6-20(7-5-10)16(18)22/h2-3,8,10H,4-7H2,1H3,(H2,18,22)(H,19,21). The van der Waals surface area contributed by atoms with Gasteiger partial charge in [-0.15, -0.1) is 11.3 Å². The maximum Gasteiger partial charge on any atom is 0.314 e. The van der Waals surface area contributed by atoms with Gasteiger partial charge in [-0.2, -0.15) is 0 Å². The molecule has 6 nitrogen and oxygen atoms in total. The van der Waals surface area contributed by atoms with Crippen LogP contribution in [0, 0.1) is 5.82 Å². The summed E-state index contributed by atoms with van der Waals surface area (Å²) in [7, 11) is 1.41. The van der Waals surface area contributed by atoms with Crippen molar-refractivity contribution in [2.45, 2.75) is 18.9 Å². The molecule has 1 saturated heterocycles. The lowest BCUT2D eigenvalue weighted by atomic mass is 10.1. The number of hydrogen-bond acceptors (Lipinski definition) is 4. The number of thiophene rings is 1. The predicted molar refractivity (Wildman–Crippen MR) is 90.0 cm³/mol. The van der Waals surface area contributed by atoms with E-state index in [2.05, 4.69) is 5.32 Å². The number of fused-ring (bicyclic) bond motifs is 1. The third kappa shape index (κ3) is 3.14. The largest absolute Gasteiger partial charge is 0.494 e.